The van der Waals surface area contributed by atoms with Crippen molar-refractivity contribution in [1.29, 1.82) is 0 Å². The van der Waals surface area contributed by atoms with Gasteiger partial charge in [-0.05, 0) is 37.1 Å². The second kappa shape index (κ2) is 8.03. The third-order valence-electron chi connectivity index (χ3n) is 3.28. The molecule has 0 spiro atoms. The predicted molar refractivity (Wildman–Crippen MR) is 83.3 cm³/mol. The molecule has 0 aliphatic carbocycles. The first-order valence-corrected chi connectivity index (χ1v) is 7.24. The summed E-state index contributed by atoms with van der Waals surface area (Å²) in [5.41, 5.74) is 1.36. The molecule has 2 aromatic rings. The number of carbonyl (C=O) groups is 2. The van der Waals surface area contributed by atoms with Gasteiger partial charge in [-0.15, -0.1) is 0 Å². The number of hydrogen-bond donors (Lipinski definition) is 1. The summed E-state index contributed by atoms with van der Waals surface area (Å²) in [6.45, 7) is 1.99. The lowest BCUT2D eigenvalue weighted by atomic mass is 10.1. The Morgan fingerprint density at radius 2 is 1.96 bits per heavy atom. The van der Waals surface area contributed by atoms with Crippen LogP contribution in [0.4, 0.5) is 0 Å². The number of rotatable bonds is 7. The first-order valence-electron chi connectivity index (χ1n) is 7.24. The molecule has 0 bridgehead atoms. The van der Waals surface area contributed by atoms with Crippen molar-refractivity contribution in [3.63, 3.8) is 0 Å². The lowest BCUT2D eigenvalue weighted by Gasteiger charge is -2.13. The van der Waals surface area contributed by atoms with E-state index in [-0.39, 0.29) is 11.5 Å². The van der Waals surface area contributed by atoms with Crippen molar-refractivity contribution in [2.24, 2.45) is 0 Å². The first kappa shape index (κ1) is 16.6. The topological polar surface area (TPSA) is 77.8 Å². The molecular formula is C17H19NO5. The smallest absolute Gasteiger partial charge is 0.342 e. The number of benzene rings is 1. The molecule has 0 fully saturated rings. The van der Waals surface area contributed by atoms with Crippen LogP contribution in [0.3, 0.4) is 0 Å². The monoisotopic (exact) mass is 317 g/mol. The lowest BCUT2D eigenvalue weighted by molar-refractivity contribution is -0.129. The molecule has 1 atom stereocenters. The van der Waals surface area contributed by atoms with Crippen LogP contribution >= 0.6 is 0 Å². The zero-order valence-electron chi connectivity index (χ0n) is 13.1. The number of ether oxygens (including phenoxy) is 2. The van der Waals surface area contributed by atoms with E-state index in [0.717, 1.165) is 11.3 Å². The van der Waals surface area contributed by atoms with Gasteiger partial charge in [-0.2, -0.15) is 0 Å². The fourth-order valence-electron chi connectivity index (χ4n) is 1.93. The predicted octanol–water partition coefficient (Wildman–Crippen LogP) is 2.19. The van der Waals surface area contributed by atoms with Gasteiger partial charge in [-0.25, -0.2) is 4.79 Å². The van der Waals surface area contributed by atoms with E-state index in [1.54, 1.807) is 7.11 Å². The Hall–Kier alpha value is -2.76. The Balaban J connectivity index is 1.74. The van der Waals surface area contributed by atoms with E-state index in [1.165, 1.54) is 25.5 Å². The maximum atomic E-state index is 11.9. The Kier molecular flexibility index (Phi) is 5.80. The summed E-state index contributed by atoms with van der Waals surface area (Å²) in [5.74, 6) is -0.135. The van der Waals surface area contributed by atoms with Crippen molar-refractivity contribution in [2.75, 3.05) is 13.7 Å². The molecule has 0 aliphatic rings. The molecule has 6 nitrogen and oxygen atoms in total. The van der Waals surface area contributed by atoms with E-state index in [4.69, 9.17) is 13.9 Å². The molecule has 122 valence electrons. The standard InChI is InChI=1S/C17H19NO5/c1-12(23-17(20)14-8-10-22-11-14)16(19)18-9-7-13-3-5-15(21-2)6-4-13/h3-6,8,10-12H,7,9H2,1-2H3,(H,18,19)/t12-/m0/s1. The van der Waals surface area contributed by atoms with E-state index in [0.29, 0.717) is 13.0 Å². The van der Waals surface area contributed by atoms with Crippen molar-refractivity contribution in [2.45, 2.75) is 19.4 Å². The molecule has 0 saturated heterocycles. The van der Waals surface area contributed by atoms with Crippen LogP contribution in [0, 0.1) is 0 Å². The molecule has 0 unspecified atom stereocenters. The second-order valence-electron chi connectivity index (χ2n) is 4.95. The van der Waals surface area contributed by atoms with Crippen LogP contribution < -0.4 is 10.1 Å². The highest BCUT2D eigenvalue weighted by molar-refractivity contribution is 5.91. The molecular weight excluding hydrogens is 298 g/mol. The number of furan rings is 1. The van der Waals surface area contributed by atoms with Gasteiger partial charge in [0, 0.05) is 6.54 Å². The third kappa shape index (κ3) is 4.88. The molecule has 1 heterocycles. The fraction of sp³-hybridized carbons (Fsp3) is 0.294. The Bertz CT molecular complexity index is 634. The largest absolute Gasteiger partial charge is 0.497 e. The summed E-state index contributed by atoms with van der Waals surface area (Å²) in [5, 5.41) is 2.74. The summed E-state index contributed by atoms with van der Waals surface area (Å²) >= 11 is 0. The van der Waals surface area contributed by atoms with Crippen LogP contribution in [-0.4, -0.2) is 31.6 Å². The van der Waals surface area contributed by atoms with Crippen LogP contribution in [0.15, 0.2) is 47.3 Å². The highest BCUT2D eigenvalue weighted by Gasteiger charge is 2.19. The van der Waals surface area contributed by atoms with Crippen LogP contribution in [0.5, 0.6) is 5.75 Å². The van der Waals surface area contributed by atoms with Crippen molar-refractivity contribution in [1.82, 2.24) is 5.32 Å². The van der Waals surface area contributed by atoms with E-state index < -0.39 is 12.1 Å². The lowest BCUT2D eigenvalue weighted by Crippen LogP contribution is -2.36. The molecule has 6 heteroatoms. The zero-order valence-corrected chi connectivity index (χ0v) is 13.1. The Morgan fingerprint density at radius 1 is 1.22 bits per heavy atom. The van der Waals surface area contributed by atoms with Gasteiger partial charge in [0.05, 0.1) is 18.9 Å². The molecule has 1 N–H and O–H groups in total. The average molecular weight is 317 g/mol. The van der Waals surface area contributed by atoms with Gasteiger partial charge >= 0.3 is 5.97 Å². The van der Waals surface area contributed by atoms with E-state index in [9.17, 15) is 9.59 Å². The average Bonchev–Trinajstić information content (AvgIpc) is 3.10. The number of esters is 1. The minimum Gasteiger partial charge on any atom is -0.497 e. The number of carbonyl (C=O) groups excluding carboxylic acids is 2. The molecule has 23 heavy (non-hydrogen) atoms. The number of nitrogens with one attached hydrogen (secondary N) is 1. The van der Waals surface area contributed by atoms with E-state index in [1.807, 2.05) is 24.3 Å². The normalized spacial score (nSPS) is 11.6. The summed E-state index contributed by atoms with van der Waals surface area (Å²) in [7, 11) is 1.61. The number of methoxy groups -OCH3 is 1. The van der Waals surface area contributed by atoms with Crippen LogP contribution in [0.2, 0.25) is 0 Å². The zero-order chi connectivity index (χ0) is 16.7. The van der Waals surface area contributed by atoms with Crippen LogP contribution in [-0.2, 0) is 16.0 Å². The molecule has 2 rings (SSSR count). The van der Waals surface area contributed by atoms with Crippen molar-refractivity contribution in [3.05, 3.63) is 54.0 Å². The molecule has 0 radical (unpaired) electrons. The van der Waals surface area contributed by atoms with E-state index >= 15 is 0 Å². The minimum atomic E-state index is -0.867. The van der Waals surface area contributed by atoms with Crippen molar-refractivity contribution >= 4 is 11.9 Å². The summed E-state index contributed by atoms with van der Waals surface area (Å²) < 4.78 is 14.9. The summed E-state index contributed by atoms with van der Waals surface area (Å²) in [6, 6.07) is 9.09. The van der Waals surface area contributed by atoms with Crippen molar-refractivity contribution < 1.29 is 23.5 Å². The van der Waals surface area contributed by atoms with Crippen molar-refractivity contribution in [3.8, 4) is 5.75 Å². The highest BCUT2D eigenvalue weighted by Crippen LogP contribution is 2.11. The van der Waals surface area contributed by atoms with Crippen LogP contribution in [0.25, 0.3) is 0 Å². The number of amides is 1. The Labute approximate surface area is 134 Å². The highest BCUT2D eigenvalue weighted by atomic mass is 16.5. The van der Waals surface area contributed by atoms with Gasteiger partial charge in [0.2, 0.25) is 0 Å². The van der Waals surface area contributed by atoms with Gasteiger partial charge in [-0.3, -0.25) is 4.79 Å². The Morgan fingerprint density at radius 3 is 2.57 bits per heavy atom. The summed E-state index contributed by atoms with van der Waals surface area (Å²) in [6.07, 6.45) is 2.46. The van der Waals surface area contributed by atoms with Gasteiger partial charge in [0.25, 0.3) is 5.91 Å². The fourth-order valence-corrected chi connectivity index (χ4v) is 1.93. The molecule has 1 aromatic heterocycles. The molecule has 1 amide bonds. The van der Waals surface area contributed by atoms with Gasteiger partial charge in [0.15, 0.2) is 6.10 Å². The van der Waals surface area contributed by atoms with Gasteiger partial charge in [-0.1, -0.05) is 12.1 Å². The molecule has 0 aliphatic heterocycles. The third-order valence-corrected chi connectivity index (χ3v) is 3.28. The quantitative estimate of drug-likeness (QED) is 0.792. The second-order valence-corrected chi connectivity index (χ2v) is 4.95. The maximum Gasteiger partial charge on any atom is 0.342 e. The summed E-state index contributed by atoms with van der Waals surface area (Å²) in [4.78, 5) is 23.6. The van der Waals surface area contributed by atoms with Gasteiger partial charge in [0.1, 0.15) is 12.0 Å². The van der Waals surface area contributed by atoms with E-state index in [2.05, 4.69) is 5.32 Å². The van der Waals surface area contributed by atoms with Gasteiger partial charge < -0.3 is 19.2 Å². The minimum absolute atomic E-state index is 0.280. The first-order chi connectivity index (χ1) is 11.1. The number of hydrogen-bond acceptors (Lipinski definition) is 5. The SMILES string of the molecule is COc1ccc(CCNC(=O)[C@H](C)OC(=O)c2ccoc2)cc1. The molecule has 0 saturated carbocycles. The molecule has 1 aromatic carbocycles. The maximum absolute atomic E-state index is 11.9. The van der Waals surface area contributed by atoms with Crippen LogP contribution in [0.1, 0.15) is 22.8 Å².